The van der Waals surface area contributed by atoms with E-state index in [0.29, 0.717) is 30.4 Å². The summed E-state index contributed by atoms with van der Waals surface area (Å²) in [6.07, 6.45) is -7.39. The molecule has 0 spiro atoms. The van der Waals surface area contributed by atoms with Crippen molar-refractivity contribution in [2.75, 3.05) is 24.5 Å². The molecule has 0 saturated carbocycles. The summed E-state index contributed by atoms with van der Waals surface area (Å²) in [5, 5.41) is 7.55. The number of halogens is 6. The van der Waals surface area contributed by atoms with Crippen molar-refractivity contribution in [1.29, 1.82) is 0 Å². The Balaban J connectivity index is 1.28. The van der Waals surface area contributed by atoms with Gasteiger partial charge in [0, 0.05) is 55.4 Å². The van der Waals surface area contributed by atoms with E-state index in [0.717, 1.165) is 10.3 Å². The van der Waals surface area contributed by atoms with Crippen LogP contribution in [0.2, 0.25) is 0 Å². The van der Waals surface area contributed by atoms with Crippen molar-refractivity contribution < 1.29 is 35.9 Å². The minimum absolute atomic E-state index is 0.0286. The lowest BCUT2D eigenvalue weighted by Crippen LogP contribution is -2.49. The van der Waals surface area contributed by atoms with Crippen LogP contribution in [0, 0.1) is 11.8 Å². The zero-order chi connectivity index (χ0) is 26.5. The van der Waals surface area contributed by atoms with Crippen molar-refractivity contribution in [3.05, 3.63) is 42.1 Å². The number of benzene rings is 1. The first-order valence-corrected chi connectivity index (χ1v) is 11.6. The molecule has 3 aromatic rings. The highest BCUT2D eigenvalue weighted by molar-refractivity contribution is 5.92. The van der Waals surface area contributed by atoms with Crippen molar-refractivity contribution in [3.63, 3.8) is 0 Å². The second-order valence-electron chi connectivity index (χ2n) is 9.22. The van der Waals surface area contributed by atoms with Gasteiger partial charge in [0.25, 0.3) is 0 Å². The molecule has 1 aromatic carbocycles. The maximum atomic E-state index is 13.3. The summed E-state index contributed by atoms with van der Waals surface area (Å²) >= 11 is 0. The van der Waals surface area contributed by atoms with Crippen LogP contribution in [0.5, 0.6) is 5.75 Å². The first kappa shape index (κ1) is 25.1. The minimum Gasteiger partial charge on any atom is -0.406 e. The summed E-state index contributed by atoms with van der Waals surface area (Å²) in [7, 11) is 0. The van der Waals surface area contributed by atoms with Crippen molar-refractivity contribution in [2.24, 2.45) is 11.8 Å². The Bertz CT molecular complexity index is 1320. The van der Waals surface area contributed by atoms with E-state index in [9.17, 15) is 31.1 Å². The van der Waals surface area contributed by atoms with Gasteiger partial charge in [0.15, 0.2) is 5.82 Å². The zero-order valence-corrected chi connectivity index (χ0v) is 19.6. The van der Waals surface area contributed by atoms with Gasteiger partial charge in [-0.2, -0.15) is 13.2 Å². The van der Waals surface area contributed by atoms with Crippen LogP contribution in [-0.2, 0) is 24.1 Å². The summed E-state index contributed by atoms with van der Waals surface area (Å²) in [6, 6.07) is 5.77. The number of rotatable bonds is 3. The number of hydrogen-bond acceptors (Lipinski definition) is 6. The van der Waals surface area contributed by atoms with Gasteiger partial charge in [0.1, 0.15) is 5.75 Å². The fourth-order valence-corrected chi connectivity index (χ4v) is 5.11. The number of aromatic nitrogens is 4. The summed E-state index contributed by atoms with van der Waals surface area (Å²) in [5.74, 6) is -1.85. The number of amides is 1. The molecule has 0 unspecified atom stereocenters. The number of carbonyl (C=O) groups excluding carboxylic acids is 1. The average Bonchev–Trinajstić information content (AvgIpc) is 3.26. The molecule has 4 heterocycles. The molecule has 2 aliphatic rings. The molecule has 5 rings (SSSR count). The van der Waals surface area contributed by atoms with E-state index in [1.165, 1.54) is 29.3 Å². The smallest absolute Gasteiger partial charge is 0.406 e. The number of piperidine rings is 1. The number of ether oxygens (including phenoxy) is 1. The molecule has 8 nitrogen and oxygen atoms in total. The number of carbonyl (C=O) groups is 1. The van der Waals surface area contributed by atoms with E-state index in [2.05, 4.69) is 24.8 Å². The van der Waals surface area contributed by atoms with Gasteiger partial charge < -0.3 is 19.1 Å². The number of fused-ring (bicyclic) bond motifs is 2. The van der Waals surface area contributed by atoms with Crippen molar-refractivity contribution >= 4 is 22.5 Å². The van der Waals surface area contributed by atoms with Crippen LogP contribution < -0.4 is 9.64 Å². The van der Waals surface area contributed by atoms with Crippen molar-refractivity contribution in [3.8, 4) is 5.75 Å². The zero-order valence-electron chi connectivity index (χ0n) is 19.6. The van der Waals surface area contributed by atoms with Gasteiger partial charge >= 0.3 is 12.5 Å². The summed E-state index contributed by atoms with van der Waals surface area (Å²) < 4.78 is 82.0. The third-order valence-corrected chi connectivity index (χ3v) is 6.81. The van der Waals surface area contributed by atoms with Gasteiger partial charge in [0.05, 0.1) is 12.1 Å². The second-order valence-corrected chi connectivity index (χ2v) is 9.22. The minimum atomic E-state index is -4.81. The standard InChI is InChI=1S/C23H22F6N6O2/c1-13-11-33(18-4-6-30-17-10-14(2-3-16(17)18)37-23(27,28)29)7-5-15(13)20(36)34-8-9-35-19(12-34)31-32-21(35)22(24,25)26/h2-4,6,10,13,15H,5,7-9,11-12H2,1H3/t13-,15+/m1/s1. The van der Waals surface area contributed by atoms with Gasteiger partial charge in [-0.25, -0.2) is 0 Å². The Hall–Kier alpha value is -3.58. The number of alkyl halides is 6. The molecule has 2 aliphatic heterocycles. The Morgan fingerprint density at radius 2 is 1.84 bits per heavy atom. The van der Waals surface area contributed by atoms with Gasteiger partial charge in [-0.15, -0.1) is 23.4 Å². The van der Waals surface area contributed by atoms with Gasteiger partial charge in [-0.05, 0) is 30.5 Å². The summed E-state index contributed by atoms with van der Waals surface area (Å²) in [5.41, 5.74) is 1.13. The molecule has 2 aromatic heterocycles. The Morgan fingerprint density at radius 3 is 2.54 bits per heavy atom. The van der Waals surface area contributed by atoms with E-state index in [1.807, 2.05) is 6.92 Å². The maximum absolute atomic E-state index is 13.3. The van der Waals surface area contributed by atoms with Crippen LogP contribution in [0.15, 0.2) is 30.5 Å². The highest BCUT2D eigenvalue weighted by Gasteiger charge is 2.41. The van der Waals surface area contributed by atoms with Crippen LogP contribution in [0.25, 0.3) is 10.9 Å². The summed E-state index contributed by atoms with van der Waals surface area (Å²) in [4.78, 5) is 21.1. The van der Waals surface area contributed by atoms with Crippen LogP contribution in [0.1, 0.15) is 25.0 Å². The lowest BCUT2D eigenvalue weighted by atomic mass is 9.85. The molecule has 0 bridgehead atoms. The Kier molecular flexibility index (Phi) is 6.15. The maximum Gasteiger partial charge on any atom is 0.573 e. The molecule has 37 heavy (non-hydrogen) atoms. The molecule has 2 atom stereocenters. The number of hydrogen-bond donors (Lipinski definition) is 0. The predicted octanol–water partition coefficient (Wildman–Crippen LogP) is 4.25. The third-order valence-electron chi connectivity index (χ3n) is 6.81. The van der Waals surface area contributed by atoms with E-state index in [1.54, 1.807) is 6.07 Å². The monoisotopic (exact) mass is 528 g/mol. The molecule has 0 radical (unpaired) electrons. The van der Waals surface area contributed by atoms with Gasteiger partial charge in [-0.3, -0.25) is 9.78 Å². The van der Waals surface area contributed by atoms with Gasteiger partial charge in [-0.1, -0.05) is 6.92 Å². The first-order valence-electron chi connectivity index (χ1n) is 11.6. The van der Waals surface area contributed by atoms with E-state index in [-0.39, 0.29) is 49.0 Å². The van der Waals surface area contributed by atoms with E-state index >= 15 is 0 Å². The van der Waals surface area contributed by atoms with Crippen molar-refractivity contribution in [1.82, 2.24) is 24.6 Å². The molecule has 14 heteroatoms. The summed E-state index contributed by atoms with van der Waals surface area (Å²) in [6.45, 7) is 3.03. The Morgan fingerprint density at radius 1 is 1.05 bits per heavy atom. The number of nitrogens with zero attached hydrogens (tertiary/aromatic N) is 6. The van der Waals surface area contributed by atoms with Crippen LogP contribution in [0.4, 0.5) is 32.0 Å². The van der Waals surface area contributed by atoms with E-state index < -0.39 is 18.4 Å². The largest absolute Gasteiger partial charge is 0.573 e. The molecular weight excluding hydrogens is 506 g/mol. The molecule has 0 aliphatic carbocycles. The fourth-order valence-electron chi connectivity index (χ4n) is 5.11. The number of anilines is 1. The average molecular weight is 528 g/mol. The molecule has 1 saturated heterocycles. The second kappa shape index (κ2) is 9.06. The highest BCUT2D eigenvalue weighted by Crippen LogP contribution is 2.35. The van der Waals surface area contributed by atoms with Crippen LogP contribution >= 0.6 is 0 Å². The number of pyridine rings is 1. The molecule has 198 valence electrons. The molecule has 1 fully saturated rings. The third kappa shape index (κ3) is 5.01. The lowest BCUT2D eigenvalue weighted by Gasteiger charge is -2.40. The quantitative estimate of drug-likeness (QED) is 0.474. The highest BCUT2D eigenvalue weighted by atomic mass is 19.4. The molecule has 0 N–H and O–H groups in total. The Labute approximate surface area is 206 Å². The van der Waals surface area contributed by atoms with Crippen LogP contribution in [0.3, 0.4) is 0 Å². The van der Waals surface area contributed by atoms with Gasteiger partial charge in [0.2, 0.25) is 11.7 Å². The molecular formula is C23H22F6N6O2. The first-order chi connectivity index (χ1) is 17.4. The van der Waals surface area contributed by atoms with Crippen LogP contribution in [-0.4, -0.2) is 56.6 Å². The lowest BCUT2D eigenvalue weighted by molar-refractivity contribution is -0.274. The van der Waals surface area contributed by atoms with E-state index in [4.69, 9.17) is 0 Å². The SMILES string of the molecule is C[C@@H]1CN(c2ccnc3cc(OC(F)(F)F)ccc23)CC[C@@H]1C(=O)N1CCn2c(nnc2C(F)(F)F)C1. The predicted molar refractivity (Wildman–Crippen MR) is 118 cm³/mol. The molecule has 1 amide bonds. The fraction of sp³-hybridized carbons (Fsp3) is 0.478. The topological polar surface area (TPSA) is 76.4 Å². The van der Waals surface area contributed by atoms with Crippen molar-refractivity contribution in [2.45, 2.75) is 39.0 Å². The normalized spacial score (nSPS) is 20.7.